The topological polar surface area (TPSA) is 126 Å². The van der Waals surface area contributed by atoms with Gasteiger partial charge in [0.25, 0.3) is 0 Å². The van der Waals surface area contributed by atoms with Crippen molar-refractivity contribution in [2.75, 3.05) is 32.7 Å². The minimum absolute atomic E-state index is 0.226. The Morgan fingerprint density at radius 3 is 2.46 bits per heavy atom. The number of amides is 2. The third-order valence-corrected chi connectivity index (χ3v) is 5.60. The van der Waals surface area contributed by atoms with E-state index in [2.05, 4.69) is 27.4 Å². The maximum Gasteiger partial charge on any atom is 0.490 e. The number of hydrogen-bond donors (Lipinski definition) is 3. The zero-order chi connectivity index (χ0) is 25.8. The molecule has 2 aliphatic rings. The van der Waals surface area contributed by atoms with Crippen LogP contribution in [0.1, 0.15) is 24.4 Å². The first-order valence-electron chi connectivity index (χ1n) is 10.8. The van der Waals surface area contributed by atoms with Gasteiger partial charge in [-0.15, -0.1) is 0 Å². The van der Waals surface area contributed by atoms with Gasteiger partial charge in [-0.2, -0.15) is 13.2 Å². The number of aryl methyl sites for hydroxylation is 1. The second-order valence-corrected chi connectivity index (χ2v) is 7.98. The van der Waals surface area contributed by atoms with Crippen LogP contribution in [0.15, 0.2) is 23.0 Å². The van der Waals surface area contributed by atoms with Gasteiger partial charge in [0.05, 0.1) is 23.1 Å². The van der Waals surface area contributed by atoms with E-state index in [-0.39, 0.29) is 18.0 Å². The quantitative estimate of drug-likeness (QED) is 0.402. The summed E-state index contributed by atoms with van der Waals surface area (Å²) in [6.07, 6.45) is -4.54. The number of aliphatic carboxylic acids is 1. The van der Waals surface area contributed by atoms with E-state index in [4.69, 9.17) is 9.90 Å². The fourth-order valence-corrected chi connectivity index (χ4v) is 3.88. The summed E-state index contributed by atoms with van der Waals surface area (Å²) in [5.74, 6) is 2.93. The van der Waals surface area contributed by atoms with Gasteiger partial charge in [-0.1, -0.05) is 17.9 Å². The molecule has 2 fully saturated rings. The highest BCUT2D eigenvalue weighted by atomic mass is 19.4. The van der Waals surface area contributed by atoms with Crippen molar-refractivity contribution < 1.29 is 32.7 Å². The summed E-state index contributed by atoms with van der Waals surface area (Å²) in [6.45, 7) is 4.58. The van der Waals surface area contributed by atoms with Crippen LogP contribution in [0, 0.1) is 11.8 Å². The number of nitrogens with one attached hydrogen (secondary N) is 2. The van der Waals surface area contributed by atoms with Crippen molar-refractivity contribution >= 4 is 28.8 Å². The van der Waals surface area contributed by atoms with Crippen LogP contribution < -0.4 is 16.3 Å². The molecular weight excluding hydrogens is 471 g/mol. The van der Waals surface area contributed by atoms with E-state index in [0.29, 0.717) is 24.0 Å². The molecule has 0 bridgehead atoms. The molecule has 0 radical (unpaired) electrons. The number of halogens is 3. The summed E-state index contributed by atoms with van der Waals surface area (Å²) < 4.78 is 34.8. The molecular formula is C22H24F3N5O5. The summed E-state index contributed by atoms with van der Waals surface area (Å²) in [6, 6.07) is 4.88. The maximum atomic E-state index is 12.9. The van der Waals surface area contributed by atoms with Crippen molar-refractivity contribution in [2.24, 2.45) is 7.05 Å². The van der Waals surface area contributed by atoms with Gasteiger partial charge in [-0.25, -0.2) is 9.59 Å². The third kappa shape index (κ3) is 6.09. The average Bonchev–Trinajstić information content (AvgIpc) is 3.05. The number of carbonyl (C=O) groups excluding carboxylic acids is 2. The van der Waals surface area contributed by atoms with Gasteiger partial charge < -0.3 is 10.4 Å². The second-order valence-electron chi connectivity index (χ2n) is 7.98. The Labute approximate surface area is 197 Å². The van der Waals surface area contributed by atoms with E-state index in [1.807, 2.05) is 18.2 Å². The molecule has 3 heterocycles. The van der Waals surface area contributed by atoms with E-state index in [1.54, 1.807) is 7.05 Å². The molecule has 1 atom stereocenters. The van der Waals surface area contributed by atoms with Gasteiger partial charge in [-0.05, 0) is 18.6 Å². The molecule has 1 aromatic carbocycles. The first kappa shape index (κ1) is 26.0. The third-order valence-electron chi connectivity index (χ3n) is 5.60. The average molecular weight is 495 g/mol. The number of para-hydroxylation sites is 1. The molecule has 3 N–H and O–H groups in total. The van der Waals surface area contributed by atoms with Crippen LogP contribution in [0.2, 0.25) is 0 Å². The largest absolute Gasteiger partial charge is 0.490 e. The summed E-state index contributed by atoms with van der Waals surface area (Å²) in [7, 11) is 1.69. The molecule has 35 heavy (non-hydrogen) atoms. The van der Waals surface area contributed by atoms with Crippen LogP contribution in [0.25, 0.3) is 11.0 Å². The smallest absolute Gasteiger partial charge is 0.475 e. The van der Waals surface area contributed by atoms with Crippen LogP contribution in [0.5, 0.6) is 0 Å². The lowest BCUT2D eigenvalue weighted by Crippen LogP contribution is -2.44. The molecule has 1 unspecified atom stereocenters. The predicted octanol–water partition coefficient (Wildman–Crippen LogP) is 0.208. The minimum Gasteiger partial charge on any atom is -0.475 e. The fourth-order valence-electron chi connectivity index (χ4n) is 3.88. The highest BCUT2D eigenvalue weighted by Crippen LogP contribution is 2.24. The standard InChI is InChI=1S/C20H23N5O3.C2HF3O2/c1-23-18-14(5-3-11-24-12-9-21-10-13-24)4-2-6-15(18)25(20(23)28)16-7-8-17(26)22-19(16)27;3-2(4,5)1(6)7/h2,4,6,16,21H,7-13H2,1H3,(H,22,26,27);(H,6,7). The number of carboxylic acid groups (broad SMARTS) is 1. The second kappa shape index (κ2) is 10.7. The van der Waals surface area contributed by atoms with Gasteiger partial charge in [-0.3, -0.25) is 28.9 Å². The molecule has 0 saturated carbocycles. The first-order chi connectivity index (χ1) is 16.5. The Morgan fingerprint density at radius 2 is 1.86 bits per heavy atom. The Bertz CT molecular complexity index is 1250. The molecule has 188 valence electrons. The van der Waals surface area contributed by atoms with Crippen LogP contribution >= 0.6 is 0 Å². The molecule has 2 amide bonds. The molecule has 2 aromatic rings. The molecule has 0 aliphatic carbocycles. The number of nitrogens with zero attached hydrogens (tertiary/aromatic N) is 3. The number of imidazole rings is 1. The van der Waals surface area contributed by atoms with Gasteiger partial charge in [0, 0.05) is 39.6 Å². The van der Waals surface area contributed by atoms with E-state index in [1.165, 1.54) is 9.13 Å². The van der Waals surface area contributed by atoms with Crippen LogP contribution in [-0.2, 0) is 21.4 Å². The van der Waals surface area contributed by atoms with Crippen LogP contribution in [-0.4, -0.2) is 75.8 Å². The number of carbonyl (C=O) groups is 3. The number of rotatable bonds is 2. The van der Waals surface area contributed by atoms with Crippen molar-refractivity contribution in [3.8, 4) is 11.8 Å². The van der Waals surface area contributed by atoms with Crippen molar-refractivity contribution in [2.45, 2.75) is 25.1 Å². The van der Waals surface area contributed by atoms with Crippen molar-refractivity contribution in [3.05, 3.63) is 34.2 Å². The van der Waals surface area contributed by atoms with E-state index < -0.39 is 24.1 Å². The summed E-state index contributed by atoms with van der Waals surface area (Å²) in [5.41, 5.74) is 1.86. The van der Waals surface area contributed by atoms with Crippen LogP contribution in [0.4, 0.5) is 13.2 Å². The monoisotopic (exact) mass is 495 g/mol. The summed E-state index contributed by atoms with van der Waals surface area (Å²) in [5, 5.41) is 12.8. The SMILES string of the molecule is Cn1c(=O)n(C2CCC(=O)NC2=O)c2cccc(C#CCN3CCNCC3)c21.O=C(O)C(F)(F)F. The molecule has 2 saturated heterocycles. The molecule has 13 heteroatoms. The molecule has 2 aliphatic heterocycles. The van der Waals surface area contributed by atoms with Gasteiger partial charge in [0.15, 0.2) is 0 Å². The highest BCUT2D eigenvalue weighted by molar-refractivity contribution is 6.00. The lowest BCUT2D eigenvalue weighted by atomic mass is 10.1. The normalized spacial score (nSPS) is 18.8. The lowest BCUT2D eigenvalue weighted by molar-refractivity contribution is -0.192. The van der Waals surface area contributed by atoms with Gasteiger partial charge in [0.2, 0.25) is 11.8 Å². The number of fused-ring (bicyclic) bond motifs is 1. The van der Waals surface area contributed by atoms with Crippen molar-refractivity contribution in [3.63, 3.8) is 0 Å². The summed E-state index contributed by atoms with van der Waals surface area (Å²) in [4.78, 5) is 47.8. The molecule has 1 aromatic heterocycles. The Morgan fingerprint density at radius 1 is 1.20 bits per heavy atom. The van der Waals surface area contributed by atoms with Crippen molar-refractivity contribution in [1.29, 1.82) is 0 Å². The number of imide groups is 1. The fraction of sp³-hybridized carbons (Fsp3) is 0.455. The maximum absolute atomic E-state index is 12.9. The number of piperidine rings is 1. The highest BCUT2D eigenvalue weighted by Gasteiger charge is 2.38. The summed E-state index contributed by atoms with van der Waals surface area (Å²) >= 11 is 0. The predicted molar refractivity (Wildman–Crippen MR) is 118 cm³/mol. The Kier molecular flexibility index (Phi) is 7.98. The Balaban J connectivity index is 0.000000429. The van der Waals surface area contributed by atoms with Gasteiger partial charge in [0.1, 0.15) is 6.04 Å². The van der Waals surface area contributed by atoms with Crippen molar-refractivity contribution in [1.82, 2.24) is 24.7 Å². The Hall–Kier alpha value is -3.63. The number of benzene rings is 1. The van der Waals surface area contributed by atoms with E-state index in [0.717, 1.165) is 31.7 Å². The molecule has 4 rings (SSSR count). The van der Waals surface area contributed by atoms with Gasteiger partial charge >= 0.3 is 17.8 Å². The molecule has 0 spiro atoms. The first-order valence-corrected chi connectivity index (χ1v) is 10.8. The number of alkyl halides is 3. The minimum atomic E-state index is -5.08. The molecule has 10 nitrogen and oxygen atoms in total. The zero-order valence-corrected chi connectivity index (χ0v) is 18.8. The number of hydrogen-bond acceptors (Lipinski definition) is 6. The van der Waals surface area contributed by atoms with E-state index in [9.17, 15) is 27.6 Å². The number of aromatic nitrogens is 2. The zero-order valence-electron chi connectivity index (χ0n) is 18.8. The number of piperazine rings is 1. The lowest BCUT2D eigenvalue weighted by Gasteiger charge is -2.24. The number of carboxylic acids is 1. The van der Waals surface area contributed by atoms with Crippen LogP contribution in [0.3, 0.4) is 0 Å². The van der Waals surface area contributed by atoms with E-state index >= 15 is 0 Å².